The van der Waals surface area contributed by atoms with E-state index in [4.69, 9.17) is 28.4 Å². The van der Waals surface area contributed by atoms with E-state index in [1.807, 2.05) is 0 Å². The van der Waals surface area contributed by atoms with Crippen LogP contribution in [0.2, 0.25) is 0 Å². The van der Waals surface area contributed by atoms with Gasteiger partial charge < -0.3 is 38.6 Å². The molecule has 2 N–H and O–H groups in total. The third-order valence-electron chi connectivity index (χ3n) is 3.38. The van der Waals surface area contributed by atoms with Crippen LogP contribution in [0.4, 0.5) is 0 Å². The Kier molecular flexibility index (Phi) is 11.6. The molecule has 0 aliphatic carbocycles. The van der Waals surface area contributed by atoms with Crippen molar-refractivity contribution < 1.29 is 48.2 Å². The van der Waals surface area contributed by atoms with E-state index in [1.54, 1.807) is 14.2 Å². The fourth-order valence-corrected chi connectivity index (χ4v) is 2.04. The molecule has 10 nitrogen and oxygen atoms in total. The van der Waals surface area contributed by atoms with Gasteiger partial charge in [-0.15, -0.1) is 0 Å². The van der Waals surface area contributed by atoms with Gasteiger partial charge in [-0.25, -0.2) is 9.59 Å². The molecule has 0 saturated carbocycles. The van der Waals surface area contributed by atoms with Crippen LogP contribution in [0, 0.1) is 0 Å². The highest BCUT2D eigenvalue weighted by Crippen LogP contribution is 2.30. The second-order valence-electron chi connectivity index (χ2n) is 5.36. The first-order chi connectivity index (χ1) is 13.5. The largest absolute Gasteiger partial charge is 0.490 e. The minimum atomic E-state index is -1.31. The van der Waals surface area contributed by atoms with Gasteiger partial charge in [-0.3, -0.25) is 0 Å². The summed E-state index contributed by atoms with van der Waals surface area (Å²) in [4.78, 5) is 22.9. The standard InChI is InChI=1S/C18H26O10/c1-23-3-5-25-7-9-27-15-12-16(28-10-8-26-6-4-24-2)14(18(21)22)11-13(15)17(19)20/h11-12H,3-10H2,1-2H3,(H,19,20)(H,21,22). The van der Waals surface area contributed by atoms with Crippen molar-refractivity contribution in [2.75, 3.05) is 67.1 Å². The van der Waals surface area contributed by atoms with E-state index in [0.29, 0.717) is 26.4 Å². The molecule has 0 fully saturated rings. The van der Waals surface area contributed by atoms with Crippen molar-refractivity contribution in [3.8, 4) is 11.5 Å². The monoisotopic (exact) mass is 402 g/mol. The van der Waals surface area contributed by atoms with Crippen LogP contribution < -0.4 is 9.47 Å². The normalized spacial score (nSPS) is 10.6. The summed E-state index contributed by atoms with van der Waals surface area (Å²) in [5, 5.41) is 18.7. The van der Waals surface area contributed by atoms with Crippen LogP contribution >= 0.6 is 0 Å². The zero-order valence-corrected chi connectivity index (χ0v) is 16.0. The quantitative estimate of drug-likeness (QED) is 0.389. The Bertz CT molecular complexity index is 567. The van der Waals surface area contributed by atoms with Gasteiger partial charge in [-0.05, 0) is 6.07 Å². The maximum atomic E-state index is 11.4. The molecule has 0 saturated heterocycles. The Hall–Kier alpha value is -2.40. The molecule has 0 bridgehead atoms. The van der Waals surface area contributed by atoms with Crippen LogP contribution in [0.3, 0.4) is 0 Å². The topological polar surface area (TPSA) is 130 Å². The highest BCUT2D eigenvalue weighted by Gasteiger charge is 2.21. The lowest BCUT2D eigenvalue weighted by atomic mass is 10.1. The second-order valence-corrected chi connectivity index (χ2v) is 5.36. The first-order valence-electron chi connectivity index (χ1n) is 8.54. The first-order valence-corrected chi connectivity index (χ1v) is 8.54. The number of methoxy groups -OCH3 is 2. The number of hydrogen-bond acceptors (Lipinski definition) is 8. The molecule has 1 rings (SSSR count). The summed E-state index contributed by atoms with van der Waals surface area (Å²) in [6.07, 6.45) is 0. The van der Waals surface area contributed by atoms with E-state index < -0.39 is 11.9 Å². The summed E-state index contributed by atoms with van der Waals surface area (Å²) in [5.41, 5.74) is -0.559. The van der Waals surface area contributed by atoms with Gasteiger partial charge in [0.1, 0.15) is 35.8 Å². The molecule has 10 heteroatoms. The molecule has 0 aromatic heterocycles. The van der Waals surface area contributed by atoms with E-state index in [1.165, 1.54) is 6.07 Å². The Morgan fingerprint density at radius 1 is 0.679 bits per heavy atom. The molecule has 0 atom stereocenters. The van der Waals surface area contributed by atoms with Crippen molar-refractivity contribution in [1.29, 1.82) is 0 Å². The van der Waals surface area contributed by atoms with Crippen LogP contribution in [0.5, 0.6) is 11.5 Å². The summed E-state index contributed by atoms with van der Waals surface area (Å²) >= 11 is 0. The van der Waals surface area contributed by atoms with Crippen LogP contribution in [0.25, 0.3) is 0 Å². The number of ether oxygens (including phenoxy) is 6. The summed E-state index contributed by atoms with van der Waals surface area (Å²) in [5.74, 6) is -2.65. The van der Waals surface area contributed by atoms with Gasteiger partial charge in [0.15, 0.2) is 0 Å². The van der Waals surface area contributed by atoms with E-state index in [-0.39, 0.29) is 49.1 Å². The fraction of sp³-hybridized carbons (Fsp3) is 0.556. The lowest BCUT2D eigenvalue weighted by Crippen LogP contribution is -2.15. The summed E-state index contributed by atoms with van der Waals surface area (Å²) < 4.78 is 31.1. The third kappa shape index (κ3) is 8.53. The number of rotatable bonds is 16. The van der Waals surface area contributed by atoms with Crippen molar-refractivity contribution in [2.24, 2.45) is 0 Å². The van der Waals surface area contributed by atoms with Crippen molar-refractivity contribution in [3.05, 3.63) is 23.3 Å². The predicted molar refractivity (Wildman–Crippen MR) is 96.7 cm³/mol. The highest BCUT2D eigenvalue weighted by atomic mass is 16.5. The zero-order valence-electron chi connectivity index (χ0n) is 16.0. The number of carbonyl (C=O) groups is 2. The average molecular weight is 402 g/mol. The SMILES string of the molecule is COCCOCCOc1cc(OCCOCCOC)c(C(=O)O)cc1C(=O)O. The Balaban J connectivity index is 2.79. The molecule has 158 valence electrons. The van der Waals surface area contributed by atoms with Crippen LogP contribution in [-0.4, -0.2) is 89.2 Å². The Labute approximate surface area is 162 Å². The van der Waals surface area contributed by atoms with Gasteiger partial charge in [-0.1, -0.05) is 0 Å². The van der Waals surface area contributed by atoms with Crippen molar-refractivity contribution in [3.63, 3.8) is 0 Å². The van der Waals surface area contributed by atoms with Crippen LogP contribution in [-0.2, 0) is 18.9 Å². The van der Waals surface area contributed by atoms with Gasteiger partial charge in [0.25, 0.3) is 0 Å². The van der Waals surface area contributed by atoms with Gasteiger partial charge in [0, 0.05) is 20.3 Å². The van der Waals surface area contributed by atoms with Gasteiger partial charge in [-0.2, -0.15) is 0 Å². The second kappa shape index (κ2) is 13.7. The Morgan fingerprint density at radius 3 is 1.43 bits per heavy atom. The number of carboxylic acid groups (broad SMARTS) is 2. The third-order valence-corrected chi connectivity index (χ3v) is 3.38. The minimum absolute atomic E-state index is 0.0110. The van der Waals surface area contributed by atoms with Crippen LogP contribution in [0.15, 0.2) is 12.1 Å². The summed E-state index contributed by atoms with van der Waals surface area (Å²) in [6.45, 7) is 2.20. The molecule has 0 aliphatic heterocycles. The molecule has 0 spiro atoms. The van der Waals surface area contributed by atoms with Crippen molar-refractivity contribution in [1.82, 2.24) is 0 Å². The fourth-order valence-electron chi connectivity index (χ4n) is 2.04. The molecular weight excluding hydrogens is 376 g/mol. The zero-order chi connectivity index (χ0) is 20.8. The molecule has 1 aromatic rings. The van der Waals surface area contributed by atoms with E-state index in [9.17, 15) is 19.8 Å². The molecule has 0 amide bonds. The lowest BCUT2D eigenvalue weighted by molar-refractivity contribution is 0.0521. The highest BCUT2D eigenvalue weighted by molar-refractivity contribution is 5.98. The predicted octanol–water partition coefficient (Wildman–Crippen LogP) is 1.17. The molecule has 0 radical (unpaired) electrons. The molecular formula is C18H26O10. The lowest BCUT2D eigenvalue weighted by Gasteiger charge is -2.15. The summed E-state index contributed by atoms with van der Waals surface area (Å²) in [6, 6.07) is 2.25. The first kappa shape index (κ1) is 23.6. The summed E-state index contributed by atoms with van der Waals surface area (Å²) in [7, 11) is 3.10. The van der Waals surface area contributed by atoms with Gasteiger partial charge in [0.2, 0.25) is 0 Å². The average Bonchev–Trinajstić information content (AvgIpc) is 2.66. The van der Waals surface area contributed by atoms with E-state index in [0.717, 1.165) is 6.07 Å². The maximum absolute atomic E-state index is 11.4. The number of carboxylic acids is 2. The number of benzene rings is 1. The molecule has 0 unspecified atom stereocenters. The van der Waals surface area contributed by atoms with Crippen molar-refractivity contribution in [2.45, 2.75) is 0 Å². The van der Waals surface area contributed by atoms with E-state index in [2.05, 4.69) is 0 Å². The van der Waals surface area contributed by atoms with Gasteiger partial charge >= 0.3 is 11.9 Å². The van der Waals surface area contributed by atoms with Crippen LogP contribution in [0.1, 0.15) is 20.7 Å². The molecule has 0 heterocycles. The van der Waals surface area contributed by atoms with Crippen molar-refractivity contribution >= 4 is 11.9 Å². The smallest absolute Gasteiger partial charge is 0.339 e. The molecule has 1 aromatic carbocycles. The minimum Gasteiger partial charge on any atom is -0.490 e. The van der Waals surface area contributed by atoms with Gasteiger partial charge in [0.05, 0.1) is 39.6 Å². The Morgan fingerprint density at radius 2 is 1.07 bits per heavy atom. The van der Waals surface area contributed by atoms with E-state index >= 15 is 0 Å². The number of hydrogen-bond donors (Lipinski definition) is 2. The molecule has 28 heavy (non-hydrogen) atoms. The number of aromatic carboxylic acids is 2. The maximum Gasteiger partial charge on any atom is 0.339 e. The molecule has 0 aliphatic rings.